The average molecular weight is 161 g/mol. The topological polar surface area (TPSA) is 3.24 Å². The summed E-state index contributed by atoms with van der Waals surface area (Å²) in [4.78, 5) is 2.61. The normalized spacial score (nSPS) is 48.4. The Kier molecular flexibility index (Phi) is 1.32. The maximum atomic E-state index is 3.19. The highest BCUT2D eigenvalue weighted by Crippen LogP contribution is 2.60. The molecule has 0 radical (unpaired) electrons. The molecule has 1 aliphatic heterocycles. The quantitative estimate of drug-likeness (QED) is 0.525. The molecule has 0 aromatic carbocycles. The van der Waals surface area contributed by atoms with E-state index in [9.17, 15) is 0 Å². The van der Waals surface area contributed by atoms with E-state index in [0.717, 1.165) is 30.3 Å². The second-order valence-corrected chi connectivity index (χ2v) is 4.48. The lowest BCUT2D eigenvalue weighted by molar-refractivity contribution is 0.228. The molecule has 0 unspecified atom stereocenters. The van der Waals surface area contributed by atoms with Gasteiger partial charge in [-0.05, 0) is 37.5 Å². The predicted octanol–water partition coefficient (Wildman–Crippen LogP) is 1.35. The molecule has 4 atom stereocenters. The molecular formula is C11H15N. The smallest absolute Gasteiger partial charge is 0.0604 e. The van der Waals surface area contributed by atoms with E-state index in [-0.39, 0.29) is 0 Å². The molecular weight excluding hydrogens is 146 g/mol. The second kappa shape index (κ2) is 2.26. The molecule has 0 aromatic rings. The minimum absolute atomic E-state index is 0.931. The van der Waals surface area contributed by atoms with Crippen LogP contribution < -0.4 is 0 Å². The zero-order valence-electron chi connectivity index (χ0n) is 7.59. The third-order valence-corrected chi connectivity index (χ3v) is 3.93. The first-order chi connectivity index (χ1) is 5.90. The standard InChI is InChI=1S/C11H15N/c1-2-3-4-12-7-8-5-11(12)10-6-9(8)10/h8-11H,4-7H2,1H3/t8-,9-,10-,11-/m0/s1. The fourth-order valence-electron chi connectivity index (χ4n) is 3.31. The molecule has 0 spiro atoms. The molecule has 1 heteroatoms. The Morgan fingerprint density at radius 1 is 1.33 bits per heavy atom. The number of likely N-dealkylation sites (tertiary alicyclic amines) is 1. The summed E-state index contributed by atoms with van der Waals surface area (Å²) in [7, 11) is 0. The molecule has 1 nitrogen and oxygen atoms in total. The average Bonchev–Trinajstić information content (AvgIpc) is 2.71. The first-order valence-corrected chi connectivity index (χ1v) is 5.04. The molecule has 3 aliphatic rings. The van der Waals surface area contributed by atoms with Crippen LogP contribution in [0.4, 0.5) is 0 Å². The largest absolute Gasteiger partial charge is 0.289 e. The van der Waals surface area contributed by atoms with E-state index in [0.29, 0.717) is 0 Å². The highest BCUT2D eigenvalue weighted by Gasteiger charge is 2.60. The summed E-state index contributed by atoms with van der Waals surface area (Å²) in [5.41, 5.74) is 0. The molecule has 64 valence electrons. The van der Waals surface area contributed by atoms with Crippen LogP contribution in [0.15, 0.2) is 0 Å². The van der Waals surface area contributed by atoms with Crippen LogP contribution in [0.3, 0.4) is 0 Å². The van der Waals surface area contributed by atoms with Crippen molar-refractivity contribution < 1.29 is 0 Å². The molecule has 0 N–H and O–H groups in total. The lowest BCUT2D eigenvalue weighted by Gasteiger charge is -2.23. The minimum atomic E-state index is 0.931. The van der Waals surface area contributed by atoms with Crippen LogP contribution in [0.5, 0.6) is 0 Å². The molecule has 3 fully saturated rings. The van der Waals surface area contributed by atoms with Crippen LogP contribution in [0.1, 0.15) is 19.8 Å². The van der Waals surface area contributed by atoms with Gasteiger partial charge >= 0.3 is 0 Å². The Morgan fingerprint density at radius 3 is 2.92 bits per heavy atom. The van der Waals surface area contributed by atoms with Crippen molar-refractivity contribution in [2.75, 3.05) is 13.1 Å². The maximum absolute atomic E-state index is 3.19. The van der Waals surface area contributed by atoms with Gasteiger partial charge in [-0.2, -0.15) is 0 Å². The predicted molar refractivity (Wildman–Crippen MR) is 48.5 cm³/mol. The zero-order valence-corrected chi connectivity index (χ0v) is 7.59. The molecule has 0 amide bonds. The molecule has 2 bridgehead atoms. The van der Waals surface area contributed by atoms with Crippen LogP contribution in [0.25, 0.3) is 0 Å². The van der Waals surface area contributed by atoms with Gasteiger partial charge in [-0.3, -0.25) is 4.90 Å². The van der Waals surface area contributed by atoms with Crippen molar-refractivity contribution in [3.8, 4) is 11.8 Å². The van der Waals surface area contributed by atoms with Gasteiger partial charge < -0.3 is 0 Å². The van der Waals surface area contributed by atoms with E-state index in [2.05, 4.69) is 16.7 Å². The van der Waals surface area contributed by atoms with E-state index in [1.807, 2.05) is 6.92 Å². The molecule has 1 heterocycles. The molecule has 12 heavy (non-hydrogen) atoms. The molecule has 2 saturated carbocycles. The van der Waals surface area contributed by atoms with Gasteiger partial charge in [0.15, 0.2) is 0 Å². The Hall–Kier alpha value is -0.480. The van der Waals surface area contributed by atoms with Crippen LogP contribution in [-0.4, -0.2) is 24.0 Å². The van der Waals surface area contributed by atoms with Gasteiger partial charge in [-0.15, -0.1) is 5.92 Å². The molecule has 2 aliphatic carbocycles. The summed E-state index contributed by atoms with van der Waals surface area (Å²) in [6.07, 6.45) is 3.02. The SMILES string of the molecule is CC#CCN1C[C@@H]2C[C@H]1[C@H]1C[C@@H]21. The van der Waals surface area contributed by atoms with E-state index < -0.39 is 0 Å². The van der Waals surface area contributed by atoms with Gasteiger partial charge in [0.05, 0.1) is 6.54 Å². The molecule has 0 aromatic heterocycles. The summed E-state index contributed by atoms with van der Waals surface area (Å²) < 4.78 is 0. The number of hydrogen-bond donors (Lipinski definition) is 0. The third-order valence-electron chi connectivity index (χ3n) is 3.93. The number of piperidine rings is 1. The lowest BCUT2D eigenvalue weighted by Crippen LogP contribution is -2.34. The van der Waals surface area contributed by atoms with Crippen molar-refractivity contribution in [2.24, 2.45) is 17.8 Å². The Bertz CT molecular complexity index is 260. The van der Waals surface area contributed by atoms with Gasteiger partial charge in [-0.1, -0.05) is 5.92 Å². The van der Waals surface area contributed by atoms with Gasteiger partial charge in [0.2, 0.25) is 0 Å². The first kappa shape index (κ1) is 6.97. The Balaban J connectivity index is 1.71. The molecule has 1 saturated heterocycles. The van der Waals surface area contributed by atoms with Crippen molar-refractivity contribution >= 4 is 0 Å². The number of rotatable bonds is 1. The minimum Gasteiger partial charge on any atom is -0.289 e. The zero-order chi connectivity index (χ0) is 8.13. The van der Waals surface area contributed by atoms with Crippen LogP contribution >= 0.6 is 0 Å². The number of fused-ring (bicyclic) bond motifs is 5. The number of nitrogens with zero attached hydrogens (tertiary/aromatic N) is 1. The Morgan fingerprint density at radius 2 is 2.25 bits per heavy atom. The highest BCUT2D eigenvalue weighted by molar-refractivity contribution is 5.14. The number of hydrogen-bond acceptors (Lipinski definition) is 1. The van der Waals surface area contributed by atoms with Crippen molar-refractivity contribution in [1.82, 2.24) is 4.90 Å². The van der Waals surface area contributed by atoms with Crippen molar-refractivity contribution in [3.05, 3.63) is 0 Å². The van der Waals surface area contributed by atoms with E-state index in [1.54, 1.807) is 0 Å². The van der Waals surface area contributed by atoms with Crippen LogP contribution in [-0.2, 0) is 0 Å². The fraction of sp³-hybridized carbons (Fsp3) is 0.818. The van der Waals surface area contributed by atoms with Crippen molar-refractivity contribution in [1.29, 1.82) is 0 Å². The summed E-state index contributed by atoms with van der Waals surface area (Å²) >= 11 is 0. The van der Waals surface area contributed by atoms with Crippen molar-refractivity contribution in [3.63, 3.8) is 0 Å². The summed E-state index contributed by atoms with van der Waals surface area (Å²) in [6, 6.07) is 0.931. The van der Waals surface area contributed by atoms with Gasteiger partial charge in [-0.25, -0.2) is 0 Å². The first-order valence-electron chi connectivity index (χ1n) is 5.04. The summed E-state index contributed by atoms with van der Waals surface area (Å²) in [6.45, 7) is 4.32. The van der Waals surface area contributed by atoms with E-state index in [1.165, 1.54) is 19.4 Å². The monoisotopic (exact) mass is 161 g/mol. The van der Waals surface area contributed by atoms with Gasteiger partial charge in [0.25, 0.3) is 0 Å². The molecule has 3 rings (SSSR count). The van der Waals surface area contributed by atoms with Crippen LogP contribution in [0.2, 0.25) is 0 Å². The third kappa shape index (κ3) is 0.793. The maximum Gasteiger partial charge on any atom is 0.0604 e. The van der Waals surface area contributed by atoms with Gasteiger partial charge in [0, 0.05) is 12.6 Å². The van der Waals surface area contributed by atoms with E-state index >= 15 is 0 Å². The fourth-order valence-corrected chi connectivity index (χ4v) is 3.31. The van der Waals surface area contributed by atoms with Crippen molar-refractivity contribution in [2.45, 2.75) is 25.8 Å². The summed E-state index contributed by atoms with van der Waals surface area (Å²) in [5.74, 6) is 9.46. The lowest BCUT2D eigenvalue weighted by atomic mass is 10.1. The van der Waals surface area contributed by atoms with Gasteiger partial charge in [0.1, 0.15) is 0 Å². The van der Waals surface area contributed by atoms with Crippen LogP contribution in [0, 0.1) is 29.6 Å². The summed E-state index contributed by atoms with van der Waals surface area (Å²) in [5, 5.41) is 0. The highest BCUT2D eigenvalue weighted by atomic mass is 15.2. The van der Waals surface area contributed by atoms with E-state index in [4.69, 9.17) is 0 Å². The Labute approximate surface area is 74.1 Å². The second-order valence-electron chi connectivity index (χ2n) is 4.48.